The molecule has 0 radical (unpaired) electrons. The van der Waals surface area contributed by atoms with E-state index in [4.69, 9.17) is 52.1 Å². The standard InChI is InChI=1S/C14H12Cl2N6O2S.C13H10Cl2N6.CH3ClO2S/c1-22(13-8(15)7-19-14(16)20-13)10-4-3-9-11(18-6-5-17-9)12(10)21-25(2,23)24;1-21(12-7(14)6-19-13(15)20-12)9-3-2-8-11(10(9)16)18-5-4-17-8;1-5(2,3)4/h3-7,21H,1-2H3;2-6H,16H2,1H3;1H3. The van der Waals surface area contributed by atoms with Gasteiger partial charge >= 0.3 is 0 Å². The summed E-state index contributed by atoms with van der Waals surface area (Å²) in [5, 5.41) is 0.766. The molecule has 0 bridgehead atoms. The molecule has 0 fully saturated rings. The predicted molar refractivity (Wildman–Crippen MR) is 203 cm³/mol. The highest BCUT2D eigenvalue weighted by Gasteiger charge is 2.20. The molecule has 0 saturated heterocycles. The van der Waals surface area contributed by atoms with Gasteiger partial charge in [-0.1, -0.05) is 23.2 Å². The zero-order valence-electron chi connectivity index (χ0n) is 26.7. The number of nitrogen functional groups attached to an aromatic ring is 1. The topological polar surface area (TPSA) is 216 Å². The monoisotopic (exact) mass is 832 g/mol. The lowest BCUT2D eigenvalue weighted by Crippen LogP contribution is -2.18. The largest absolute Gasteiger partial charge is 0.395 e. The summed E-state index contributed by atoms with van der Waals surface area (Å²) in [6.07, 6.45) is 11.0. The van der Waals surface area contributed by atoms with Gasteiger partial charge in [0.1, 0.15) is 26.8 Å². The number of nitrogens with two attached hydrogens (primary N) is 1. The summed E-state index contributed by atoms with van der Waals surface area (Å²) in [5.41, 5.74) is 10.4. The lowest BCUT2D eigenvalue weighted by molar-refractivity contribution is 0.606. The van der Waals surface area contributed by atoms with Gasteiger partial charge in [-0.05, 0) is 47.5 Å². The van der Waals surface area contributed by atoms with Gasteiger partial charge in [0.25, 0.3) is 0 Å². The van der Waals surface area contributed by atoms with E-state index in [9.17, 15) is 16.8 Å². The van der Waals surface area contributed by atoms with Crippen molar-refractivity contribution in [1.82, 2.24) is 39.9 Å². The average molecular weight is 835 g/mol. The molecule has 23 heteroatoms. The molecule has 0 saturated carbocycles. The van der Waals surface area contributed by atoms with Crippen LogP contribution in [0.5, 0.6) is 0 Å². The third-order valence-electron chi connectivity index (χ3n) is 6.31. The first-order valence-corrected chi connectivity index (χ1v) is 19.9. The zero-order valence-corrected chi connectivity index (χ0v) is 32.1. The molecule has 0 aliphatic rings. The summed E-state index contributed by atoms with van der Waals surface area (Å²) in [6.45, 7) is 0. The Hall–Kier alpha value is -4.17. The van der Waals surface area contributed by atoms with Crippen LogP contribution in [0.2, 0.25) is 20.6 Å². The van der Waals surface area contributed by atoms with Crippen LogP contribution in [0.25, 0.3) is 22.1 Å². The van der Waals surface area contributed by atoms with E-state index in [-0.39, 0.29) is 21.3 Å². The first-order valence-electron chi connectivity index (χ1n) is 13.8. The van der Waals surface area contributed by atoms with Crippen molar-refractivity contribution in [2.24, 2.45) is 0 Å². The maximum atomic E-state index is 11.8. The number of rotatable bonds is 6. The fraction of sp³-hybridized carbons (Fsp3) is 0.143. The van der Waals surface area contributed by atoms with Crippen LogP contribution in [0.1, 0.15) is 0 Å². The fourth-order valence-electron chi connectivity index (χ4n) is 4.30. The summed E-state index contributed by atoms with van der Waals surface area (Å²) >= 11 is 23.9. The maximum absolute atomic E-state index is 11.8. The molecule has 0 aliphatic carbocycles. The van der Waals surface area contributed by atoms with Crippen LogP contribution in [-0.4, -0.2) is 83.3 Å². The molecular weight excluding hydrogens is 810 g/mol. The molecule has 51 heavy (non-hydrogen) atoms. The van der Waals surface area contributed by atoms with Crippen molar-refractivity contribution < 1.29 is 16.8 Å². The smallest absolute Gasteiger partial charge is 0.229 e. The minimum atomic E-state index is -3.56. The Kier molecular flexibility index (Phi) is 12.8. The van der Waals surface area contributed by atoms with Crippen molar-refractivity contribution in [1.29, 1.82) is 0 Å². The first-order chi connectivity index (χ1) is 23.8. The minimum Gasteiger partial charge on any atom is -0.395 e. The van der Waals surface area contributed by atoms with Crippen LogP contribution < -0.4 is 20.3 Å². The summed E-state index contributed by atoms with van der Waals surface area (Å²) in [7, 11) is 1.21. The molecule has 3 N–H and O–H groups in total. The molecule has 0 spiro atoms. The Morgan fingerprint density at radius 3 is 1.55 bits per heavy atom. The zero-order chi connectivity index (χ0) is 37.7. The molecule has 0 amide bonds. The molecule has 2 aromatic carbocycles. The summed E-state index contributed by atoms with van der Waals surface area (Å²) in [6, 6.07) is 7.08. The van der Waals surface area contributed by atoms with Crippen molar-refractivity contribution in [3.63, 3.8) is 0 Å². The summed E-state index contributed by atoms with van der Waals surface area (Å²) < 4.78 is 44.9. The van der Waals surface area contributed by atoms with Gasteiger partial charge < -0.3 is 15.5 Å². The fourth-order valence-corrected chi connectivity index (χ4v) is 5.57. The van der Waals surface area contributed by atoms with E-state index in [1.54, 1.807) is 48.4 Å². The van der Waals surface area contributed by atoms with Crippen LogP contribution in [0.3, 0.4) is 0 Å². The molecule has 4 heterocycles. The van der Waals surface area contributed by atoms with Crippen LogP contribution in [0, 0.1) is 0 Å². The number of hydrogen-bond donors (Lipinski definition) is 2. The Morgan fingerprint density at radius 1 is 0.647 bits per heavy atom. The quantitative estimate of drug-likeness (QED) is 0.110. The molecule has 0 unspecified atom stereocenters. The van der Waals surface area contributed by atoms with Crippen molar-refractivity contribution in [2.45, 2.75) is 0 Å². The van der Waals surface area contributed by atoms with E-state index >= 15 is 0 Å². The van der Waals surface area contributed by atoms with Crippen LogP contribution in [0.4, 0.5) is 34.4 Å². The van der Waals surface area contributed by atoms with Gasteiger partial charge in [-0.2, -0.15) is 9.97 Å². The average Bonchev–Trinajstić information content (AvgIpc) is 3.06. The van der Waals surface area contributed by atoms with Gasteiger partial charge in [0.05, 0.1) is 53.0 Å². The highest BCUT2D eigenvalue weighted by atomic mass is 35.7. The second-order valence-corrected chi connectivity index (χ2v) is 16.4. The maximum Gasteiger partial charge on any atom is 0.229 e. The second-order valence-electron chi connectivity index (χ2n) is 10.1. The third kappa shape index (κ3) is 10.7. The van der Waals surface area contributed by atoms with Crippen molar-refractivity contribution >= 4 is 133 Å². The van der Waals surface area contributed by atoms with E-state index < -0.39 is 19.1 Å². The Labute approximate surface area is 316 Å². The summed E-state index contributed by atoms with van der Waals surface area (Å²) in [5.74, 6) is 0.785. The second kappa shape index (κ2) is 16.4. The highest BCUT2D eigenvalue weighted by Crippen LogP contribution is 2.38. The molecule has 6 rings (SSSR count). The predicted octanol–water partition coefficient (Wildman–Crippen LogP) is 6.13. The van der Waals surface area contributed by atoms with E-state index in [0.717, 1.165) is 18.0 Å². The third-order valence-corrected chi connectivity index (χ3v) is 7.79. The van der Waals surface area contributed by atoms with Gasteiger partial charge in [-0.3, -0.25) is 24.7 Å². The number of fused-ring (bicyclic) bond motifs is 2. The Morgan fingerprint density at radius 2 is 1.06 bits per heavy atom. The van der Waals surface area contributed by atoms with E-state index in [2.05, 4.69) is 55.3 Å². The number of anilines is 6. The Bertz CT molecular complexity index is 2440. The van der Waals surface area contributed by atoms with Crippen molar-refractivity contribution in [3.05, 3.63) is 82.1 Å². The highest BCUT2D eigenvalue weighted by molar-refractivity contribution is 8.13. The number of sulfonamides is 1. The normalized spacial score (nSPS) is 11.2. The van der Waals surface area contributed by atoms with Gasteiger partial charge in [-0.15, -0.1) is 0 Å². The number of halogens is 5. The number of nitrogens with zero attached hydrogens (tertiary/aromatic N) is 10. The lowest BCUT2D eigenvalue weighted by atomic mass is 10.2. The first kappa shape index (κ1) is 39.6. The minimum absolute atomic E-state index is 0.0180. The summed E-state index contributed by atoms with van der Waals surface area (Å²) in [4.78, 5) is 36.1. The van der Waals surface area contributed by atoms with E-state index in [1.807, 2.05) is 12.1 Å². The van der Waals surface area contributed by atoms with Crippen molar-refractivity contribution in [3.8, 4) is 0 Å². The number of hydrogen-bond acceptors (Lipinski definition) is 15. The Balaban J connectivity index is 0.000000204. The molecule has 268 valence electrons. The number of aromatic nitrogens is 8. The molecular formula is C28H25Cl5N12O4S2. The molecule has 0 atom stereocenters. The molecule has 6 aromatic rings. The number of nitrogens with one attached hydrogen (secondary N) is 1. The van der Waals surface area contributed by atoms with Crippen LogP contribution in [0.15, 0.2) is 61.4 Å². The van der Waals surface area contributed by atoms with Gasteiger partial charge in [0, 0.05) is 49.6 Å². The van der Waals surface area contributed by atoms with Crippen LogP contribution >= 0.6 is 57.1 Å². The van der Waals surface area contributed by atoms with E-state index in [0.29, 0.717) is 50.3 Å². The molecule has 16 nitrogen and oxygen atoms in total. The molecule has 4 aromatic heterocycles. The number of benzene rings is 2. The van der Waals surface area contributed by atoms with Gasteiger partial charge in [-0.25, -0.2) is 26.8 Å². The van der Waals surface area contributed by atoms with Crippen LogP contribution in [-0.2, 0) is 19.1 Å². The lowest BCUT2D eigenvalue weighted by Gasteiger charge is -2.23. The SMILES string of the molecule is CN(c1ccc2nccnc2c1N)c1nc(Cl)ncc1Cl.CN(c1ccc2nccnc2c1NS(C)(=O)=O)c1nc(Cl)ncc1Cl.CS(=O)(=O)Cl. The molecule has 0 aliphatic heterocycles. The van der Waals surface area contributed by atoms with Gasteiger partial charge in [0.15, 0.2) is 11.6 Å². The van der Waals surface area contributed by atoms with Crippen molar-refractivity contribution in [2.75, 3.05) is 46.9 Å². The van der Waals surface area contributed by atoms with Gasteiger partial charge in [0.2, 0.25) is 29.6 Å². The van der Waals surface area contributed by atoms with E-state index in [1.165, 1.54) is 24.8 Å².